The minimum atomic E-state index is -0.631. The zero-order valence-corrected chi connectivity index (χ0v) is 7.75. The summed E-state index contributed by atoms with van der Waals surface area (Å²) in [5, 5.41) is 9.87. The van der Waals surface area contributed by atoms with Crippen LogP contribution in [0.5, 0.6) is 0 Å². The number of aliphatic hydroxyl groups is 1. The van der Waals surface area contributed by atoms with Crippen molar-refractivity contribution in [2.24, 2.45) is 5.92 Å². The van der Waals surface area contributed by atoms with Gasteiger partial charge in [0.25, 0.3) is 0 Å². The van der Waals surface area contributed by atoms with E-state index in [0.717, 1.165) is 12.8 Å². The van der Waals surface area contributed by atoms with E-state index in [2.05, 4.69) is 6.58 Å². The van der Waals surface area contributed by atoms with Gasteiger partial charge in [-0.1, -0.05) is 13.5 Å². The highest BCUT2D eigenvalue weighted by atomic mass is 16.6. The summed E-state index contributed by atoms with van der Waals surface area (Å²) in [4.78, 5) is 11.2. The summed E-state index contributed by atoms with van der Waals surface area (Å²) in [7, 11) is 0. The molecule has 2 aliphatic rings. The first-order chi connectivity index (χ1) is 6.05. The van der Waals surface area contributed by atoms with Crippen molar-refractivity contribution in [2.75, 3.05) is 0 Å². The summed E-state index contributed by atoms with van der Waals surface area (Å²) in [5.41, 5.74) is -0.138. The Kier molecular flexibility index (Phi) is 1.74. The molecule has 3 atom stereocenters. The standard InChI is InChI=1S/C10H14O3/c1-6-3-4-10(8(6)11)5-7(2)9(12)13-10/h6,8,11H,2-5H2,1H3. The Morgan fingerprint density at radius 3 is 2.77 bits per heavy atom. The molecule has 13 heavy (non-hydrogen) atoms. The largest absolute Gasteiger partial charge is 0.453 e. The average Bonchev–Trinajstić information content (AvgIpc) is 2.50. The number of ether oxygens (including phenoxy) is 1. The number of hydrogen-bond acceptors (Lipinski definition) is 3. The van der Waals surface area contributed by atoms with Crippen molar-refractivity contribution in [3.05, 3.63) is 12.2 Å². The maximum Gasteiger partial charge on any atom is 0.334 e. The van der Waals surface area contributed by atoms with Crippen molar-refractivity contribution in [2.45, 2.75) is 37.9 Å². The first-order valence-corrected chi connectivity index (χ1v) is 4.64. The maximum absolute atomic E-state index is 11.2. The normalized spacial score (nSPS) is 44.5. The van der Waals surface area contributed by atoms with Crippen LogP contribution in [0.15, 0.2) is 12.2 Å². The second kappa shape index (κ2) is 2.58. The fourth-order valence-corrected chi connectivity index (χ4v) is 2.33. The third-order valence-electron chi connectivity index (χ3n) is 3.20. The van der Waals surface area contributed by atoms with E-state index in [-0.39, 0.29) is 11.9 Å². The van der Waals surface area contributed by atoms with E-state index in [1.807, 2.05) is 6.92 Å². The van der Waals surface area contributed by atoms with Crippen LogP contribution in [-0.2, 0) is 9.53 Å². The van der Waals surface area contributed by atoms with Crippen molar-refractivity contribution >= 4 is 5.97 Å². The molecule has 2 fully saturated rings. The lowest BCUT2D eigenvalue weighted by atomic mass is 9.92. The fourth-order valence-electron chi connectivity index (χ4n) is 2.33. The molecule has 2 rings (SSSR count). The minimum Gasteiger partial charge on any atom is -0.453 e. The van der Waals surface area contributed by atoms with Crippen LogP contribution >= 0.6 is 0 Å². The molecule has 0 aromatic heterocycles. The molecular weight excluding hydrogens is 168 g/mol. The Morgan fingerprint density at radius 2 is 2.38 bits per heavy atom. The predicted octanol–water partition coefficient (Wildman–Crippen LogP) is 1.02. The van der Waals surface area contributed by atoms with E-state index < -0.39 is 11.7 Å². The van der Waals surface area contributed by atoms with Crippen molar-refractivity contribution in [1.29, 1.82) is 0 Å². The molecule has 1 saturated heterocycles. The first-order valence-electron chi connectivity index (χ1n) is 4.64. The van der Waals surface area contributed by atoms with E-state index in [4.69, 9.17) is 4.74 Å². The van der Waals surface area contributed by atoms with Gasteiger partial charge in [-0.2, -0.15) is 0 Å². The molecule has 1 aliphatic heterocycles. The van der Waals surface area contributed by atoms with Crippen molar-refractivity contribution in [3.63, 3.8) is 0 Å². The van der Waals surface area contributed by atoms with E-state index >= 15 is 0 Å². The van der Waals surface area contributed by atoms with Crippen LogP contribution in [0.3, 0.4) is 0 Å². The minimum absolute atomic E-state index is 0.221. The van der Waals surface area contributed by atoms with Gasteiger partial charge in [0.1, 0.15) is 5.60 Å². The van der Waals surface area contributed by atoms with Gasteiger partial charge in [-0.25, -0.2) is 4.79 Å². The van der Waals surface area contributed by atoms with Gasteiger partial charge in [-0.05, 0) is 18.8 Å². The van der Waals surface area contributed by atoms with Crippen molar-refractivity contribution in [1.82, 2.24) is 0 Å². The van der Waals surface area contributed by atoms with Crippen molar-refractivity contribution in [3.8, 4) is 0 Å². The van der Waals surface area contributed by atoms with Crippen LogP contribution in [0.2, 0.25) is 0 Å². The summed E-state index contributed by atoms with van der Waals surface area (Å²) in [5.74, 6) is -0.119. The predicted molar refractivity (Wildman–Crippen MR) is 47.0 cm³/mol. The lowest BCUT2D eigenvalue weighted by Crippen LogP contribution is -2.39. The fraction of sp³-hybridized carbons (Fsp3) is 0.700. The SMILES string of the molecule is C=C1CC2(CCC(C)C2O)OC1=O. The molecule has 0 radical (unpaired) electrons. The third-order valence-corrected chi connectivity index (χ3v) is 3.20. The van der Waals surface area contributed by atoms with Crippen molar-refractivity contribution < 1.29 is 14.6 Å². The van der Waals surface area contributed by atoms with Gasteiger partial charge in [0.05, 0.1) is 6.10 Å². The number of aliphatic hydroxyl groups excluding tert-OH is 1. The van der Waals surface area contributed by atoms with E-state index in [9.17, 15) is 9.90 Å². The smallest absolute Gasteiger partial charge is 0.334 e. The van der Waals surface area contributed by atoms with Crippen LogP contribution in [0.25, 0.3) is 0 Å². The Morgan fingerprint density at radius 1 is 1.69 bits per heavy atom. The van der Waals surface area contributed by atoms with Gasteiger partial charge in [0.2, 0.25) is 0 Å². The maximum atomic E-state index is 11.2. The lowest BCUT2D eigenvalue weighted by Gasteiger charge is -2.26. The summed E-state index contributed by atoms with van der Waals surface area (Å²) < 4.78 is 5.22. The molecule has 0 bridgehead atoms. The molecule has 0 amide bonds. The zero-order valence-electron chi connectivity index (χ0n) is 7.75. The molecule has 1 aliphatic carbocycles. The molecule has 0 aromatic rings. The van der Waals surface area contributed by atoms with E-state index in [1.54, 1.807) is 0 Å². The highest BCUT2D eigenvalue weighted by Crippen LogP contribution is 2.45. The number of esters is 1. The monoisotopic (exact) mass is 182 g/mol. The lowest BCUT2D eigenvalue weighted by molar-refractivity contribution is -0.155. The number of carbonyl (C=O) groups is 1. The highest BCUT2D eigenvalue weighted by Gasteiger charge is 2.53. The van der Waals surface area contributed by atoms with E-state index in [0.29, 0.717) is 12.0 Å². The average molecular weight is 182 g/mol. The quantitative estimate of drug-likeness (QED) is 0.449. The van der Waals surface area contributed by atoms with Gasteiger partial charge in [-0.15, -0.1) is 0 Å². The molecule has 3 unspecified atom stereocenters. The molecule has 1 saturated carbocycles. The highest BCUT2D eigenvalue weighted by molar-refractivity contribution is 5.90. The Labute approximate surface area is 77.4 Å². The first kappa shape index (κ1) is 8.75. The van der Waals surface area contributed by atoms with Crippen LogP contribution in [0.4, 0.5) is 0 Å². The second-order valence-corrected chi connectivity index (χ2v) is 4.20. The molecule has 3 nitrogen and oxygen atoms in total. The number of carbonyl (C=O) groups excluding carboxylic acids is 1. The zero-order chi connectivity index (χ0) is 9.64. The Balaban J connectivity index is 2.24. The number of hydrogen-bond donors (Lipinski definition) is 1. The molecule has 72 valence electrons. The van der Waals surface area contributed by atoms with Gasteiger partial charge in [0, 0.05) is 12.0 Å². The second-order valence-electron chi connectivity index (χ2n) is 4.20. The van der Waals surface area contributed by atoms with Crippen LogP contribution in [-0.4, -0.2) is 22.8 Å². The molecule has 3 heteroatoms. The summed E-state index contributed by atoms with van der Waals surface area (Å²) in [6.45, 7) is 5.61. The third kappa shape index (κ3) is 1.10. The molecule has 1 spiro atoms. The summed E-state index contributed by atoms with van der Waals surface area (Å²) >= 11 is 0. The van der Waals surface area contributed by atoms with Gasteiger partial charge < -0.3 is 9.84 Å². The van der Waals surface area contributed by atoms with E-state index in [1.165, 1.54) is 0 Å². The molecule has 1 N–H and O–H groups in total. The molecular formula is C10H14O3. The topological polar surface area (TPSA) is 46.5 Å². The summed E-state index contributed by atoms with van der Waals surface area (Å²) in [6.07, 6.45) is 1.66. The number of rotatable bonds is 0. The van der Waals surface area contributed by atoms with Gasteiger partial charge in [-0.3, -0.25) is 0 Å². The van der Waals surface area contributed by atoms with Crippen LogP contribution < -0.4 is 0 Å². The van der Waals surface area contributed by atoms with Gasteiger partial charge >= 0.3 is 5.97 Å². The van der Waals surface area contributed by atoms with Gasteiger partial charge in [0.15, 0.2) is 0 Å². The summed E-state index contributed by atoms with van der Waals surface area (Å²) in [6, 6.07) is 0. The Hall–Kier alpha value is -0.830. The molecule has 1 heterocycles. The Bertz CT molecular complexity index is 253. The molecule has 0 aromatic carbocycles. The van der Waals surface area contributed by atoms with Crippen LogP contribution in [0, 0.1) is 5.92 Å². The van der Waals surface area contributed by atoms with Crippen LogP contribution in [0.1, 0.15) is 26.2 Å².